The SMILES string of the molecule is COCC(O)CN(C)C(=O)COc1ccccc1OC. The van der Waals surface area contributed by atoms with Crippen LogP contribution in [0.3, 0.4) is 0 Å². The summed E-state index contributed by atoms with van der Waals surface area (Å²) in [5.41, 5.74) is 0. The molecule has 0 heterocycles. The van der Waals surface area contributed by atoms with Crippen LogP contribution >= 0.6 is 0 Å². The minimum Gasteiger partial charge on any atom is -0.493 e. The molecule has 20 heavy (non-hydrogen) atoms. The van der Waals surface area contributed by atoms with E-state index in [1.54, 1.807) is 25.2 Å². The molecule has 0 aliphatic heterocycles. The Balaban J connectivity index is 2.46. The number of carbonyl (C=O) groups is 1. The molecule has 6 nitrogen and oxygen atoms in total. The highest BCUT2D eigenvalue weighted by atomic mass is 16.5. The molecule has 6 heteroatoms. The second kappa shape index (κ2) is 8.39. The van der Waals surface area contributed by atoms with Gasteiger partial charge in [-0.05, 0) is 12.1 Å². The number of amides is 1. The highest BCUT2D eigenvalue weighted by molar-refractivity contribution is 5.77. The van der Waals surface area contributed by atoms with Crippen molar-refractivity contribution in [1.82, 2.24) is 4.90 Å². The van der Waals surface area contributed by atoms with Crippen LogP contribution in [0.15, 0.2) is 24.3 Å². The lowest BCUT2D eigenvalue weighted by atomic mass is 10.3. The molecule has 0 radical (unpaired) electrons. The first-order chi connectivity index (χ1) is 9.58. The van der Waals surface area contributed by atoms with Gasteiger partial charge in [-0.25, -0.2) is 0 Å². The van der Waals surface area contributed by atoms with Crippen LogP contribution in [-0.4, -0.2) is 63.0 Å². The lowest BCUT2D eigenvalue weighted by Gasteiger charge is -2.20. The average Bonchev–Trinajstić information content (AvgIpc) is 2.45. The summed E-state index contributed by atoms with van der Waals surface area (Å²) in [5.74, 6) is 0.850. The Morgan fingerprint density at radius 1 is 1.30 bits per heavy atom. The van der Waals surface area contributed by atoms with Crippen molar-refractivity contribution in [3.05, 3.63) is 24.3 Å². The van der Waals surface area contributed by atoms with Crippen LogP contribution < -0.4 is 9.47 Å². The van der Waals surface area contributed by atoms with Crippen LogP contribution in [0.2, 0.25) is 0 Å². The van der Waals surface area contributed by atoms with Gasteiger partial charge in [-0.15, -0.1) is 0 Å². The topological polar surface area (TPSA) is 68.2 Å². The zero-order valence-corrected chi connectivity index (χ0v) is 12.0. The van der Waals surface area contributed by atoms with Crippen molar-refractivity contribution in [2.45, 2.75) is 6.10 Å². The van der Waals surface area contributed by atoms with Crippen LogP contribution in [-0.2, 0) is 9.53 Å². The summed E-state index contributed by atoms with van der Waals surface area (Å²) in [6, 6.07) is 7.10. The minimum absolute atomic E-state index is 0.115. The van der Waals surface area contributed by atoms with Gasteiger partial charge in [0.1, 0.15) is 0 Å². The fraction of sp³-hybridized carbons (Fsp3) is 0.500. The highest BCUT2D eigenvalue weighted by Crippen LogP contribution is 2.25. The van der Waals surface area contributed by atoms with E-state index in [0.29, 0.717) is 11.5 Å². The number of aliphatic hydroxyl groups excluding tert-OH is 1. The molecule has 1 unspecified atom stereocenters. The monoisotopic (exact) mass is 283 g/mol. The summed E-state index contributed by atoms with van der Waals surface area (Å²) in [6.45, 7) is 0.267. The molecule has 0 spiro atoms. The van der Waals surface area contributed by atoms with Gasteiger partial charge in [-0.3, -0.25) is 4.79 Å². The Bertz CT molecular complexity index is 424. The smallest absolute Gasteiger partial charge is 0.260 e. The number of hydrogen-bond donors (Lipinski definition) is 1. The number of methoxy groups -OCH3 is 2. The first-order valence-corrected chi connectivity index (χ1v) is 6.25. The highest BCUT2D eigenvalue weighted by Gasteiger charge is 2.15. The molecule has 0 fully saturated rings. The molecular formula is C14H21NO5. The predicted octanol–water partition coefficient (Wildman–Crippen LogP) is 0.540. The van der Waals surface area contributed by atoms with Gasteiger partial charge in [0.15, 0.2) is 18.1 Å². The Hall–Kier alpha value is -1.79. The van der Waals surface area contributed by atoms with Crippen molar-refractivity contribution in [1.29, 1.82) is 0 Å². The molecular weight excluding hydrogens is 262 g/mol. The van der Waals surface area contributed by atoms with E-state index in [2.05, 4.69) is 0 Å². The number of aliphatic hydroxyl groups is 1. The molecule has 0 saturated carbocycles. The number of hydrogen-bond acceptors (Lipinski definition) is 5. The number of benzene rings is 1. The third-order valence-electron chi connectivity index (χ3n) is 2.69. The fourth-order valence-electron chi connectivity index (χ4n) is 1.65. The number of carbonyl (C=O) groups excluding carboxylic acids is 1. The molecule has 1 aromatic carbocycles. The van der Waals surface area contributed by atoms with Crippen molar-refractivity contribution in [3.63, 3.8) is 0 Å². The van der Waals surface area contributed by atoms with Crippen molar-refractivity contribution in [2.24, 2.45) is 0 Å². The Morgan fingerprint density at radius 2 is 1.95 bits per heavy atom. The third-order valence-corrected chi connectivity index (χ3v) is 2.69. The number of likely N-dealkylation sites (N-methyl/N-ethyl adjacent to an activating group) is 1. The number of rotatable bonds is 8. The van der Waals surface area contributed by atoms with Gasteiger partial charge in [0.2, 0.25) is 0 Å². The zero-order chi connectivity index (χ0) is 15.0. The second-order valence-electron chi connectivity index (χ2n) is 4.32. The molecule has 1 aromatic rings. The normalized spacial score (nSPS) is 11.8. The maximum Gasteiger partial charge on any atom is 0.260 e. The van der Waals surface area contributed by atoms with Gasteiger partial charge >= 0.3 is 0 Å². The number of nitrogens with zero attached hydrogens (tertiary/aromatic N) is 1. The summed E-state index contributed by atoms with van der Waals surface area (Å²) in [7, 11) is 4.64. The number of para-hydroxylation sites is 2. The summed E-state index contributed by atoms with van der Waals surface area (Å²) in [5, 5.41) is 9.56. The average molecular weight is 283 g/mol. The Morgan fingerprint density at radius 3 is 2.55 bits per heavy atom. The molecule has 0 saturated heterocycles. The lowest BCUT2D eigenvalue weighted by molar-refractivity contribution is -0.133. The van der Waals surface area contributed by atoms with E-state index in [0.717, 1.165) is 0 Å². The summed E-state index contributed by atoms with van der Waals surface area (Å²) in [4.78, 5) is 13.3. The van der Waals surface area contributed by atoms with Crippen LogP contribution in [0.4, 0.5) is 0 Å². The van der Waals surface area contributed by atoms with E-state index >= 15 is 0 Å². The van der Waals surface area contributed by atoms with Crippen LogP contribution in [0.1, 0.15) is 0 Å². The molecule has 0 aromatic heterocycles. The fourth-order valence-corrected chi connectivity index (χ4v) is 1.65. The third kappa shape index (κ3) is 5.07. The molecule has 1 rings (SSSR count). The molecule has 1 N–H and O–H groups in total. The first kappa shape index (κ1) is 16.3. The molecule has 1 atom stereocenters. The van der Waals surface area contributed by atoms with Crippen molar-refractivity contribution >= 4 is 5.91 Å². The zero-order valence-electron chi connectivity index (χ0n) is 12.0. The lowest BCUT2D eigenvalue weighted by Crippen LogP contribution is -2.38. The van der Waals surface area contributed by atoms with E-state index in [1.807, 2.05) is 6.07 Å². The van der Waals surface area contributed by atoms with Crippen LogP contribution in [0.5, 0.6) is 11.5 Å². The van der Waals surface area contributed by atoms with Gasteiger partial charge < -0.3 is 24.2 Å². The Kier molecular flexibility index (Phi) is 6.83. The van der Waals surface area contributed by atoms with E-state index in [1.165, 1.54) is 19.1 Å². The largest absolute Gasteiger partial charge is 0.493 e. The van der Waals surface area contributed by atoms with Crippen LogP contribution in [0, 0.1) is 0 Å². The summed E-state index contributed by atoms with van der Waals surface area (Å²) < 4.78 is 15.4. The second-order valence-corrected chi connectivity index (χ2v) is 4.32. The Labute approximate surface area is 118 Å². The van der Waals surface area contributed by atoms with Gasteiger partial charge in [0.05, 0.1) is 19.8 Å². The van der Waals surface area contributed by atoms with Gasteiger partial charge in [-0.1, -0.05) is 12.1 Å². The first-order valence-electron chi connectivity index (χ1n) is 6.25. The minimum atomic E-state index is -0.708. The standard InChI is InChI=1S/C14H21NO5/c1-15(8-11(16)9-18-2)14(17)10-20-13-7-5-4-6-12(13)19-3/h4-7,11,16H,8-10H2,1-3H3. The van der Waals surface area contributed by atoms with Crippen LogP contribution in [0.25, 0.3) is 0 Å². The quantitative estimate of drug-likeness (QED) is 0.754. The maximum absolute atomic E-state index is 11.9. The van der Waals surface area contributed by atoms with E-state index in [4.69, 9.17) is 14.2 Å². The van der Waals surface area contributed by atoms with Gasteiger partial charge in [0.25, 0.3) is 5.91 Å². The predicted molar refractivity (Wildman–Crippen MR) is 74.0 cm³/mol. The van der Waals surface area contributed by atoms with E-state index in [-0.39, 0.29) is 25.7 Å². The van der Waals surface area contributed by atoms with E-state index in [9.17, 15) is 9.90 Å². The molecule has 0 aliphatic carbocycles. The molecule has 0 aliphatic rings. The van der Waals surface area contributed by atoms with Crippen molar-refractivity contribution in [3.8, 4) is 11.5 Å². The van der Waals surface area contributed by atoms with E-state index < -0.39 is 6.10 Å². The summed E-state index contributed by atoms with van der Waals surface area (Å²) >= 11 is 0. The van der Waals surface area contributed by atoms with Crippen molar-refractivity contribution in [2.75, 3.05) is 41.0 Å². The maximum atomic E-state index is 11.9. The van der Waals surface area contributed by atoms with Gasteiger partial charge in [0, 0.05) is 20.7 Å². The molecule has 1 amide bonds. The van der Waals surface area contributed by atoms with Gasteiger partial charge in [-0.2, -0.15) is 0 Å². The summed E-state index contributed by atoms with van der Waals surface area (Å²) in [6.07, 6.45) is -0.708. The molecule has 112 valence electrons. The molecule has 0 bridgehead atoms. The van der Waals surface area contributed by atoms with Crippen molar-refractivity contribution < 1.29 is 24.1 Å². The number of ether oxygens (including phenoxy) is 3.